The van der Waals surface area contributed by atoms with Crippen molar-refractivity contribution in [3.05, 3.63) is 90.0 Å². The summed E-state index contributed by atoms with van der Waals surface area (Å²) < 4.78 is 22.5. The van der Waals surface area contributed by atoms with Crippen LogP contribution in [0.2, 0.25) is 0 Å². The third kappa shape index (κ3) is 4.60. The van der Waals surface area contributed by atoms with E-state index in [0.717, 1.165) is 22.3 Å². The smallest absolute Gasteiger partial charge is 0.394 e. The zero-order valence-electron chi connectivity index (χ0n) is 17.2. The van der Waals surface area contributed by atoms with E-state index in [1.165, 1.54) is 0 Å². The van der Waals surface area contributed by atoms with Gasteiger partial charge in [0.05, 0.1) is 0 Å². The Kier molecular flexibility index (Phi) is 6.56. The van der Waals surface area contributed by atoms with Crippen molar-refractivity contribution in [1.82, 2.24) is 9.34 Å². The second-order valence-corrected chi connectivity index (χ2v) is 9.97. The summed E-state index contributed by atoms with van der Waals surface area (Å²) in [6.07, 6.45) is -0.681. The molecule has 3 aromatic carbocycles. The van der Waals surface area contributed by atoms with Gasteiger partial charge in [0.15, 0.2) is 0 Å². The lowest BCUT2D eigenvalue weighted by Crippen LogP contribution is -2.24. The Morgan fingerprint density at radius 1 is 0.759 bits per heavy atom. The van der Waals surface area contributed by atoms with Crippen molar-refractivity contribution in [1.29, 1.82) is 0 Å². The van der Waals surface area contributed by atoms with E-state index in [-0.39, 0.29) is 0 Å². The van der Waals surface area contributed by atoms with E-state index in [1.54, 1.807) is 37.5 Å². The molecule has 0 aliphatic heterocycles. The summed E-state index contributed by atoms with van der Waals surface area (Å²) in [6, 6.07) is 24.8. The molecule has 0 heterocycles. The molecule has 0 saturated heterocycles. The molecule has 0 fully saturated rings. The highest BCUT2D eigenvalue weighted by atomic mass is 31.2. The van der Waals surface area contributed by atoms with E-state index in [4.69, 9.17) is 4.52 Å². The SMILES string of the molecule is CN(C)P(=O)(Oc1ccccc1-c1ccc(C(O)c2ccccc2)cc1)N(C)C. The first-order chi connectivity index (χ1) is 13.8. The van der Waals surface area contributed by atoms with Crippen LogP contribution in [0.3, 0.4) is 0 Å². The van der Waals surface area contributed by atoms with E-state index in [2.05, 4.69) is 0 Å². The molecule has 152 valence electrons. The Bertz CT molecular complexity index is 977. The standard InChI is InChI=1S/C23H27N2O3P/c1-24(2)29(27,25(3)4)28-22-13-9-8-12-21(22)18-14-16-20(17-15-18)23(26)19-10-6-5-7-11-19/h5-17,23,26H,1-4H3. The molecule has 0 saturated carbocycles. The van der Waals surface area contributed by atoms with Gasteiger partial charge in [-0.3, -0.25) is 0 Å². The Balaban J connectivity index is 1.91. The highest BCUT2D eigenvalue weighted by Crippen LogP contribution is 2.52. The van der Waals surface area contributed by atoms with Crippen LogP contribution in [0.15, 0.2) is 78.9 Å². The minimum atomic E-state index is -3.17. The van der Waals surface area contributed by atoms with Crippen LogP contribution in [0, 0.1) is 0 Å². The quantitative estimate of drug-likeness (QED) is 0.553. The van der Waals surface area contributed by atoms with E-state index >= 15 is 0 Å². The van der Waals surface area contributed by atoms with E-state index in [1.807, 2.05) is 78.9 Å². The van der Waals surface area contributed by atoms with Crippen molar-refractivity contribution >= 4 is 7.67 Å². The summed E-state index contributed by atoms with van der Waals surface area (Å²) in [6.45, 7) is 0. The molecule has 0 aliphatic carbocycles. The van der Waals surface area contributed by atoms with Gasteiger partial charge in [-0.15, -0.1) is 0 Å². The van der Waals surface area contributed by atoms with Crippen LogP contribution in [0.25, 0.3) is 11.1 Å². The van der Waals surface area contributed by atoms with Gasteiger partial charge in [-0.1, -0.05) is 72.8 Å². The van der Waals surface area contributed by atoms with Crippen LogP contribution >= 0.6 is 7.67 Å². The molecule has 0 amide bonds. The molecule has 29 heavy (non-hydrogen) atoms. The van der Waals surface area contributed by atoms with Crippen LogP contribution in [0.5, 0.6) is 5.75 Å². The largest absolute Gasteiger partial charge is 0.421 e. The number of aliphatic hydroxyl groups is 1. The van der Waals surface area contributed by atoms with Gasteiger partial charge in [0.25, 0.3) is 0 Å². The lowest BCUT2D eigenvalue weighted by molar-refractivity contribution is 0.220. The molecule has 5 nitrogen and oxygen atoms in total. The molecule has 1 N–H and O–H groups in total. The third-order valence-electron chi connectivity index (χ3n) is 4.77. The van der Waals surface area contributed by atoms with Gasteiger partial charge in [0.2, 0.25) is 0 Å². The minimum Gasteiger partial charge on any atom is -0.421 e. The van der Waals surface area contributed by atoms with Gasteiger partial charge < -0.3 is 9.63 Å². The monoisotopic (exact) mass is 410 g/mol. The fraction of sp³-hybridized carbons (Fsp3) is 0.217. The topological polar surface area (TPSA) is 53.0 Å². The second-order valence-electron chi connectivity index (χ2n) is 7.21. The van der Waals surface area contributed by atoms with Gasteiger partial charge in [-0.05, 0) is 50.9 Å². The summed E-state index contributed by atoms with van der Waals surface area (Å²) in [5.74, 6) is 0.551. The van der Waals surface area contributed by atoms with Gasteiger partial charge in [-0.2, -0.15) is 0 Å². The van der Waals surface area contributed by atoms with Crippen molar-refractivity contribution in [3.63, 3.8) is 0 Å². The first kappa shape index (κ1) is 21.3. The molecule has 1 atom stereocenters. The van der Waals surface area contributed by atoms with Crippen molar-refractivity contribution in [2.75, 3.05) is 28.2 Å². The van der Waals surface area contributed by atoms with E-state index in [0.29, 0.717) is 5.75 Å². The molecule has 0 bridgehead atoms. The Labute approximate surface area is 172 Å². The predicted octanol–water partition coefficient (Wildman–Crippen LogP) is 5.05. The van der Waals surface area contributed by atoms with Crippen LogP contribution < -0.4 is 4.52 Å². The van der Waals surface area contributed by atoms with Gasteiger partial charge in [-0.25, -0.2) is 13.9 Å². The first-order valence-electron chi connectivity index (χ1n) is 9.40. The zero-order chi connectivity index (χ0) is 21.0. The maximum atomic E-state index is 13.3. The molecule has 3 rings (SSSR count). The van der Waals surface area contributed by atoms with Gasteiger partial charge in [0, 0.05) is 5.56 Å². The van der Waals surface area contributed by atoms with Crippen LogP contribution in [0.1, 0.15) is 17.2 Å². The minimum absolute atomic E-state index is 0.551. The van der Waals surface area contributed by atoms with Crippen molar-refractivity contribution in [2.24, 2.45) is 0 Å². The molecule has 3 aromatic rings. The lowest BCUT2D eigenvalue weighted by Gasteiger charge is -2.30. The summed E-state index contributed by atoms with van der Waals surface area (Å²) >= 11 is 0. The average Bonchev–Trinajstić information content (AvgIpc) is 2.74. The van der Waals surface area contributed by atoms with Gasteiger partial charge in [0.1, 0.15) is 11.9 Å². The molecule has 0 aromatic heterocycles. The number of nitrogens with zero attached hydrogens (tertiary/aromatic N) is 2. The zero-order valence-corrected chi connectivity index (χ0v) is 18.1. The van der Waals surface area contributed by atoms with Crippen LogP contribution in [-0.4, -0.2) is 42.6 Å². The third-order valence-corrected chi connectivity index (χ3v) is 7.22. The maximum Gasteiger partial charge on any atom is 0.394 e. The molecule has 0 aliphatic rings. The second kappa shape index (κ2) is 8.93. The summed E-state index contributed by atoms with van der Waals surface area (Å²) in [5, 5.41) is 10.6. The molecule has 6 heteroatoms. The molecule has 0 radical (unpaired) electrons. The predicted molar refractivity (Wildman–Crippen MR) is 118 cm³/mol. The van der Waals surface area contributed by atoms with Crippen molar-refractivity contribution in [2.45, 2.75) is 6.10 Å². The van der Waals surface area contributed by atoms with Crippen LogP contribution in [-0.2, 0) is 4.57 Å². The Morgan fingerprint density at radius 2 is 1.28 bits per heavy atom. The van der Waals surface area contributed by atoms with Crippen LogP contribution in [0.4, 0.5) is 0 Å². The normalized spacial score (nSPS) is 12.9. The molecule has 0 spiro atoms. The summed E-state index contributed by atoms with van der Waals surface area (Å²) in [7, 11) is 3.79. The highest BCUT2D eigenvalue weighted by molar-refractivity contribution is 7.54. The highest BCUT2D eigenvalue weighted by Gasteiger charge is 2.32. The number of rotatable bonds is 7. The molecule has 1 unspecified atom stereocenters. The number of para-hydroxylation sites is 1. The fourth-order valence-corrected chi connectivity index (χ4v) is 4.56. The fourth-order valence-electron chi connectivity index (χ4n) is 3.11. The van der Waals surface area contributed by atoms with E-state index in [9.17, 15) is 9.67 Å². The number of benzene rings is 3. The summed E-state index contributed by atoms with van der Waals surface area (Å²) in [4.78, 5) is 0. The van der Waals surface area contributed by atoms with Crippen molar-refractivity contribution in [3.8, 4) is 16.9 Å². The number of hydrogen-bond acceptors (Lipinski definition) is 3. The number of hydrogen-bond donors (Lipinski definition) is 1. The van der Waals surface area contributed by atoms with E-state index < -0.39 is 13.8 Å². The Hall–Kier alpha value is -2.43. The van der Waals surface area contributed by atoms with Gasteiger partial charge >= 0.3 is 7.67 Å². The molecular formula is C23H27N2O3P. The average molecular weight is 410 g/mol. The molecular weight excluding hydrogens is 383 g/mol. The lowest BCUT2D eigenvalue weighted by atomic mass is 9.98. The summed E-state index contributed by atoms with van der Waals surface area (Å²) in [5.41, 5.74) is 3.43. The number of aliphatic hydroxyl groups excluding tert-OH is 1. The Morgan fingerprint density at radius 3 is 1.86 bits per heavy atom. The van der Waals surface area contributed by atoms with Crippen molar-refractivity contribution < 1.29 is 14.2 Å². The maximum absolute atomic E-state index is 13.3. The first-order valence-corrected chi connectivity index (χ1v) is 10.9.